The maximum absolute atomic E-state index is 12.9. The summed E-state index contributed by atoms with van der Waals surface area (Å²) in [7, 11) is 0. The van der Waals surface area contributed by atoms with E-state index >= 15 is 0 Å². The van der Waals surface area contributed by atoms with Gasteiger partial charge in [0.1, 0.15) is 5.82 Å². The van der Waals surface area contributed by atoms with Crippen LogP contribution in [0.1, 0.15) is 24.8 Å². The minimum Gasteiger partial charge on any atom is -0.207 e. The van der Waals surface area contributed by atoms with E-state index < -0.39 is 0 Å². The van der Waals surface area contributed by atoms with Crippen LogP contribution in [0.3, 0.4) is 0 Å². The standard InChI is InChI=1S/C12H14ClF/c13-9-12(5-2-6-12)8-10-3-1-4-11(14)7-10/h1,3-4,7H,2,5-6,8-9H2. The van der Waals surface area contributed by atoms with Crippen LogP contribution in [-0.2, 0) is 6.42 Å². The summed E-state index contributed by atoms with van der Waals surface area (Å²) in [6, 6.07) is 6.85. The van der Waals surface area contributed by atoms with Gasteiger partial charge in [0.05, 0.1) is 0 Å². The molecule has 2 heteroatoms. The first kappa shape index (κ1) is 9.97. The fourth-order valence-electron chi connectivity index (χ4n) is 2.11. The molecule has 0 radical (unpaired) electrons. The van der Waals surface area contributed by atoms with Gasteiger partial charge in [-0.2, -0.15) is 0 Å². The van der Waals surface area contributed by atoms with Gasteiger partial charge >= 0.3 is 0 Å². The molecule has 0 amide bonds. The molecule has 76 valence electrons. The summed E-state index contributed by atoms with van der Waals surface area (Å²) < 4.78 is 12.9. The molecule has 0 heterocycles. The van der Waals surface area contributed by atoms with Gasteiger partial charge in [0.25, 0.3) is 0 Å². The molecule has 0 aliphatic heterocycles. The van der Waals surface area contributed by atoms with Crippen molar-refractivity contribution in [2.75, 3.05) is 5.88 Å². The van der Waals surface area contributed by atoms with E-state index in [0.29, 0.717) is 5.88 Å². The molecule has 0 spiro atoms. The van der Waals surface area contributed by atoms with Crippen LogP contribution in [0, 0.1) is 11.2 Å². The minimum absolute atomic E-state index is 0.147. The molecule has 1 aliphatic carbocycles. The molecule has 0 aromatic heterocycles. The van der Waals surface area contributed by atoms with E-state index in [9.17, 15) is 4.39 Å². The highest BCUT2D eigenvalue weighted by atomic mass is 35.5. The molecule has 14 heavy (non-hydrogen) atoms. The molecule has 1 fully saturated rings. The third kappa shape index (κ3) is 1.93. The predicted octanol–water partition coefficient (Wildman–Crippen LogP) is 3.78. The molecule has 0 saturated heterocycles. The summed E-state index contributed by atoms with van der Waals surface area (Å²) in [5, 5.41) is 0. The maximum atomic E-state index is 12.9. The summed E-state index contributed by atoms with van der Waals surface area (Å²) in [6.07, 6.45) is 4.57. The van der Waals surface area contributed by atoms with E-state index in [1.807, 2.05) is 6.07 Å². The molecular weight excluding hydrogens is 199 g/mol. The number of rotatable bonds is 3. The molecule has 0 N–H and O–H groups in total. The Hall–Kier alpha value is -0.560. The van der Waals surface area contributed by atoms with Crippen molar-refractivity contribution >= 4 is 11.6 Å². The Balaban J connectivity index is 2.09. The normalized spacial score (nSPS) is 19.0. The number of halogens is 2. The number of hydrogen-bond donors (Lipinski definition) is 0. The lowest BCUT2D eigenvalue weighted by Crippen LogP contribution is -2.33. The van der Waals surface area contributed by atoms with Crippen molar-refractivity contribution in [2.45, 2.75) is 25.7 Å². The van der Waals surface area contributed by atoms with E-state index in [4.69, 9.17) is 11.6 Å². The van der Waals surface area contributed by atoms with Gasteiger partial charge in [-0.05, 0) is 42.4 Å². The Labute approximate surface area is 89.1 Å². The highest BCUT2D eigenvalue weighted by Gasteiger charge is 2.35. The molecule has 0 bridgehead atoms. The van der Waals surface area contributed by atoms with Gasteiger partial charge in [-0.3, -0.25) is 0 Å². The lowest BCUT2D eigenvalue weighted by molar-refractivity contribution is 0.166. The lowest BCUT2D eigenvalue weighted by Gasteiger charge is -2.40. The highest BCUT2D eigenvalue weighted by molar-refractivity contribution is 6.18. The van der Waals surface area contributed by atoms with Crippen molar-refractivity contribution in [3.63, 3.8) is 0 Å². The fraction of sp³-hybridized carbons (Fsp3) is 0.500. The van der Waals surface area contributed by atoms with Crippen molar-refractivity contribution < 1.29 is 4.39 Å². The Morgan fingerprint density at radius 2 is 2.14 bits per heavy atom. The van der Waals surface area contributed by atoms with Crippen molar-refractivity contribution in [3.05, 3.63) is 35.6 Å². The summed E-state index contributed by atoms with van der Waals surface area (Å²) in [5.41, 5.74) is 1.33. The summed E-state index contributed by atoms with van der Waals surface area (Å²) in [5.74, 6) is 0.551. The number of alkyl halides is 1. The Morgan fingerprint density at radius 1 is 1.36 bits per heavy atom. The summed E-state index contributed by atoms with van der Waals surface area (Å²) in [6.45, 7) is 0. The van der Waals surface area contributed by atoms with E-state index in [1.165, 1.54) is 25.3 Å². The smallest absolute Gasteiger partial charge is 0.123 e. The second kappa shape index (κ2) is 3.90. The Morgan fingerprint density at radius 3 is 2.64 bits per heavy atom. The average Bonchev–Trinajstić information content (AvgIpc) is 2.11. The zero-order valence-corrected chi connectivity index (χ0v) is 8.86. The van der Waals surface area contributed by atoms with Crippen LogP contribution < -0.4 is 0 Å². The largest absolute Gasteiger partial charge is 0.207 e. The zero-order valence-electron chi connectivity index (χ0n) is 8.10. The second-order valence-electron chi connectivity index (χ2n) is 4.29. The van der Waals surface area contributed by atoms with Gasteiger partial charge in [-0.15, -0.1) is 11.6 Å². The van der Waals surface area contributed by atoms with Crippen LogP contribution in [0.2, 0.25) is 0 Å². The van der Waals surface area contributed by atoms with Gasteiger partial charge in [-0.25, -0.2) is 4.39 Å². The van der Waals surface area contributed by atoms with Gasteiger partial charge in [0.2, 0.25) is 0 Å². The number of benzene rings is 1. The SMILES string of the molecule is Fc1cccc(CC2(CCl)CCC2)c1. The lowest BCUT2D eigenvalue weighted by atomic mass is 9.67. The van der Waals surface area contributed by atoms with E-state index in [1.54, 1.807) is 12.1 Å². The molecule has 1 saturated carbocycles. The predicted molar refractivity (Wildman–Crippen MR) is 57.1 cm³/mol. The van der Waals surface area contributed by atoms with Crippen molar-refractivity contribution in [1.29, 1.82) is 0 Å². The van der Waals surface area contributed by atoms with Crippen LogP contribution in [0.5, 0.6) is 0 Å². The molecule has 1 aromatic rings. The van der Waals surface area contributed by atoms with E-state index in [2.05, 4.69) is 0 Å². The monoisotopic (exact) mass is 212 g/mol. The maximum Gasteiger partial charge on any atom is 0.123 e. The minimum atomic E-state index is -0.147. The average molecular weight is 213 g/mol. The summed E-state index contributed by atoms with van der Waals surface area (Å²) in [4.78, 5) is 0. The molecule has 2 rings (SSSR count). The zero-order chi connectivity index (χ0) is 10.0. The van der Waals surface area contributed by atoms with Crippen LogP contribution in [0.4, 0.5) is 4.39 Å². The first-order valence-electron chi connectivity index (χ1n) is 5.05. The van der Waals surface area contributed by atoms with Crippen molar-refractivity contribution in [3.8, 4) is 0 Å². The van der Waals surface area contributed by atoms with Gasteiger partial charge in [0.15, 0.2) is 0 Å². The summed E-state index contributed by atoms with van der Waals surface area (Å²) >= 11 is 5.96. The van der Waals surface area contributed by atoms with E-state index in [-0.39, 0.29) is 11.2 Å². The van der Waals surface area contributed by atoms with Crippen LogP contribution >= 0.6 is 11.6 Å². The first-order chi connectivity index (χ1) is 6.74. The fourth-order valence-corrected chi connectivity index (χ4v) is 2.48. The Kier molecular flexibility index (Phi) is 2.78. The van der Waals surface area contributed by atoms with Crippen LogP contribution in [0.15, 0.2) is 24.3 Å². The van der Waals surface area contributed by atoms with Crippen LogP contribution in [-0.4, -0.2) is 5.88 Å². The molecule has 0 nitrogen and oxygen atoms in total. The van der Waals surface area contributed by atoms with Crippen LogP contribution in [0.25, 0.3) is 0 Å². The van der Waals surface area contributed by atoms with Crippen molar-refractivity contribution in [1.82, 2.24) is 0 Å². The third-order valence-electron chi connectivity index (χ3n) is 3.17. The molecule has 1 aliphatic rings. The molecular formula is C12H14ClF. The number of hydrogen-bond acceptors (Lipinski definition) is 0. The Bertz CT molecular complexity index is 312. The molecule has 1 aromatic carbocycles. The second-order valence-corrected chi connectivity index (χ2v) is 4.56. The first-order valence-corrected chi connectivity index (χ1v) is 5.58. The van der Waals surface area contributed by atoms with E-state index in [0.717, 1.165) is 12.0 Å². The van der Waals surface area contributed by atoms with Gasteiger partial charge in [0, 0.05) is 5.88 Å². The third-order valence-corrected chi connectivity index (χ3v) is 3.73. The topological polar surface area (TPSA) is 0 Å². The molecule has 0 unspecified atom stereocenters. The van der Waals surface area contributed by atoms with Gasteiger partial charge in [-0.1, -0.05) is 18.6 Å². The van der Waals surface area contributed by atoms with Gasteiger partial charge < -0.3 is 0 Å². The van der Waals surface area contributed by atoms with Crippen molar-refractivity contribution in [2.24, 2.45) is 5.41 Å². The molecule has 0 atom stereocenters. The highest BCUT2D eigenvalue weighted by Crippen LogP contribution is 2.44. The quantitative estimate of drug-likeness (QED) is 0.669.